The lowest BCUT2D eigenvalue weighted by Crippen LogP contribution is -2.07. The molecule has 1 aromatic heterocycles. The van der Waals surface area contributed by atoms with Gasteiger partial charge >= 0.3 is 5.97 Å². The Labute approximate surface area is 117 Å². The summed E-state index contributed by atoms with van der Waals surface area (Å²) in [4.78, 5) is 11.7. The van der Waals surface area contributed by atoms with Crippen molar-refractivity contribution < 1.29 is 14.3 Å². The van der Waals surface area contributed by atoms with E-state index in [1.54, 1.807) is 6.92 Å². The van der Waals surface area contributed by atoms with Crippen molar-refractivity contribution >= 4 is 5.97 Å². The lowest BCUT2D eigenvalue weighted by Gasteiger charge is -2.09. The van der Waals surface area contributed by atoms with Crippen molar-refractivity contribution in [2.24, 2.45) is 0 Å². The van der Waals surface area contributed by atoms with Crippen molar-refractivity contribution in [1.82, 2.24) is 15.4 Å². The highest BCUT2D eigenvalue weighted by Gasteiger charge is 2.18. The van der Waals surface area contributed by atoms with Gasteiger partial charge in [0.25, 0.3) is 0 Å². The van der Waals surface area contributed by atoms with Crippen molar-refractivity contribution in [2.45, 2.75) is 26.9 Å². The molecule has 1 N–H and O–H groups in total. The summed E-state index contributed by atoms with van der Waals surface area (Å²) in [6, 6.07) is 7.33. The number of nitrogens with zero attached hydrogens (tertiary/aromatic N) is 2. The number of rotatable bonds is 5. The molecule has 1 heterocycles. The SMILES string of the molecule is CCOC(=O)c1n[nH]nc1-c1ccc(OC(C)C)cc1. The second-order valence-electron chi connectivity index (χ2n) is 4.43. The molecule has 0 amide bonds. The molecule has 6 heteroatoms. The first-order valence-corrected chi connectivity index (χ1v) is 6.46. The van der Waals surface area contributed by atoms with E-state index in [1.807, 2.05) is 38.1 Å². The van der Waals surface area contributed by atoms with Crippen LogP contribution >= 0.6 is 0 Å². The molecule has 0 saturated carbocycles. The van der Waals surface area contributed by atoms with Crippen LogP contribution in [0, 0.1) is 0 Å². The number of hydrogen-bond donors (Lipinski definition) is 1. The van der Waals surface area contributed by atoms with Gasteiger partial charge in [0.1, 0.15) is 11.4 Å². The first kappa shape index (κ1) is 14.0. The molecular formula is C14H17N3O3. The molecule has 2 rings (SSSR count). The van der Waals surface area contributed by atoms with E-state index >= 15 is 0 Å². The smallest absolute Gasteiger partial charge is 0.361 e. The zero-order valence-corrected chi connectivity index (χ0v) is 11.7. The van der Waals surface area contributed by atoms with Gasteiger partial charge in [0.2, 0.25) is 0 Å². The molecule has 0 saturated heterocycles. The number of aromatic nitrogens is 3. The lowest BCUT2D eigenvalue weighted by molar-refractivity contribution is 0.0520. The van der Waals surface area contributed by atoms with Gasteiger partial charge in [-0.25, -0.2) is 4.79 Å². The van der Waals surface area contributed by atoms with Gasteiger partial charge in [-0.05, 0) is 45.0 Å². The summed E-state index contributed by atoms with van der Waals surface area (Å²) in [6.07, 6.45) is 0.114. The maximum absolute atomic E-state index is 11.7. The molecule has 2 aromatic rings. The summed E-state index contributed by atoms with van der Waals surface area (Å²) in [5.74, 6) is 0.281. The minimum Gasteiger partial charge on any atom is -0.491 e. The summed E-state index contributed by atoms with van der Waals surface area (Å²) in [5, 5.41) is 10.3. The fourth-order valence-corrected chi connectivity index (χ4v) is 1.74. The van der Waals surface area contributed by atoms with Crippen molar-refractivity contribution in [3.8, 4) is 17.0 Å². The molecule has 106 valence electrons. The average Bonchev–Trinajstić information content (AvgIpc) is 2.88. The maximum Gasteiger partial charge on any atom is 0.361 e. The molecule has 6 nitrogen and oxygen atoms in total. The van der Waals surface area contributed by atoms with E-state index in [0.717, 1.165) is 11.3 Å². The number of ether oxygens (including phenoxy) is 2. The molecule has 1 aromatic carbocycles. The number of carbonyl (C=O) groups excluding carboxylic acids is 1. The van der Waals surface area contributed by atoms with Crippen LogP contribution in [0.1, 0.15) is 31.3 Å². The molecule has 0 spiro atoms. The van der Waals surface area contributed by atoms with Gasteiger partial charge < -0.3 is 9.47 Å². The van der Waals surface area contributed by atoms with Crippen LogP contribution in [-0.4, -0.2) is 34.1 Å². The van der Waals surface area contributed by atoms with Crippen molar-refractivity contribution in [2.75, 3.05) is 6.61 Å². The van der Waals surface area contributed by atoms with Crippen LogP contribution in [0.4, 0.5) is 0 Å². The van der Waals surface area contributed by atoms with E-state index in [9.17, 15) is 4.79 Å². The minimum absolute atomic E-state index is 0.114. The second-order valence-corrected chi connectivity index (χ2v) is 4.43. The highest BCUT2D eigenvalue weighted by molar-refractivity contribution is 5.93. The van der Waals surface area contributed by atoms with Gasteiger partial charge in [-0.2, -0.15) is 10.3 Å². The van der Waals surface area contributed by atoms with E-state index in [2.05, 4.69) is 15.4 Å². The van der Waals surface area contributed by atoms with E-state index in [4.69, 9.17) is 9.47 Å². The normalized spacial score (nSPS) is 10.6. The molecule has 0 radical (unpaired) electrons. The number of benzene rings is 1. The quantitative estimate of drug-likeness (QED) is 0.848. The molecular weight excluding hydrogens is 258 g/mol. The van der Waals surface area contributed by atoms with Crippen LogP contribution in [-0.2, 0) is 4.74 Å². The Morgan fingerprint density at radius 2 is 1.95 bits per heavy atom. The summed E-state index contributed by atoms with van der Waals surface area (Å²) < 4.78 is 10.5. The second kappa shape index (κ2) is 6.18. The van der Waals surface area contributed by atoms with E-state index in [0.29, 0.717) is 12.3 Å². The van der Waals surface area contributed by atoms with Gasteiger partial charge in [0.15, 0.2) is 5.69 Å². The maximum atomic E-state index is 11.7. The number of H-pyrrole nitrogens is 1. The van der Waals surface area contributed by atoms with Crippen LogP contribution in [0.5, 0.6) is 5.75 Å². The van der Waals surface area contributed by atoms with Crippen molar-refractivity contribution in [1.29, 1.82) is 0 Å². The van der Waals surface area contributed by atoms with Crippen molar-refractivity contribution in [3.63, 3.8) is 0 Å². The zero-order chi connectivity index (χ0) is 14.5. The summed E-state index contributed by atoms with van der Waals surface area (Å²) in [6.45, 7) is 5.97. The monoisotopic (exact) mass is 275 g/mol. The summed E-state index contributed by atoms with van der Waals surface area (Å²) in [7, 11) is 0. The van der Waals surface area contributed by atoms with E-state index in [1.165, 1.54) is 0 Å². The number of hydrogen-bond acceptors (Lipinski definition) is 5. The Hall–Kier alpha value is -2.37. The Morgan fingerprint density at radius 1 is 1.25 bits per heavy atom. The summed E-state index contributed by atoms with van der Waals surface area (Å²) >= 11 is 0. The van der Waals surface area contributed by atoms with Gasteiger partial charge in [0, 0.05) is 5.56 Å². The third-order valence-corrected chi connectivity index (χ3v) is 2.52. The van der Waals surface area contributed by atoms with E-state index in [-0.39, 0.29) is 11.8 Å². The Morgan fingerprint density at radius 3 is 2.55 bits per heavy atom. The minimum atomic E-state index is -0.487. The number of nitrogens with one attached hydrogen (secondary N) is 1. The first-order valence-electron chi connectivity index (χ1n) is 6.46. The average molecular weight is 275 g/mol. The highest BCUT2D eigenvalue weighted by atomic mass is 16.5. The van der Waals surface area contributed by atoms with Crippen LogP contribution in [0.2, 0.25) is 0 Å². The Balaban J connectivity index is 2.24. The molecule has 0 atom stereocenters. The number of aromatic amines is 1. The third kappa shape index (κ3) is 3.14. The van der Waals surface area contributed by atoms with Crippen LogP contribution < -0.4 is 4.74 Å². The van der Waals surface area contributed by atoms with E-state index < -0.39 is 5.97 Å². The van der Waals surface area contributed by atoms with Gasteiger partial charge in [-0.3, -0.25) is 0 Å². The van der Waals surface area contributed by atoms with Crippen LogP contribution in [0.3, 0.4) is 0 Å². The standard InChI is InChI=1S/C14H17N3O3/c1-4-19-14(18)13-12(15-17-16-13)10-5-7-11(8-6-10)20-9(2)3/h5-9H,4H2,1-3H3,(H,15,16,17). The fraction of sp³-hybridized carbons (Fsp3) is 0.357. The molecule has 0 aliphatic carbocycles. The summed E-state index contributed by atoms with van der Waals surface area (Å²) in [5.41, 5.74) is 1.43. The van der Waals surface area contributed by atoms with Gasteiger partial charge in [0.05, 0.1) is 12.7 Å². The molecule has 0 unspecified atom stereocenters. The largest absolute Gasteiger partial charge is 0.491 e. The fourth-order valence-electron chi connectivity index (χ4n) is 1.74. The Kier molecular flexibility index (Phi) is 4.34. The van der Waals surface area contributed by atoms with Crippen LogP contribution in [0.15, 0.2) is 24.3 Å². The predicted octanol–water partition coefficient (Wildman–Crippen LogP) is 2.44. The number of esters is 1. The molecule has 0 bridgehead atoms. The number of carbonyl (C=O) groups is 1. The topological polar surface area (TPSA) is 77.1 Å². The lowest BCUT2D eigenvalue weighted by atomic mass is 10.1. The van der Waals surface area contributed by atoms with Crippen molar-refractivity contribution in [3.05, 3.63) is 30.0 Å². The highest BCUT2D eigenvalue weighted by Crippen LogP contribution is 2.23. The first-order chi connectivity index (χ1) is 9.61. The molecule has 0 aliphatic heterocycles. The molecule has 0 aliphatic rings. The van der Waals surface area contributed by atoms with Gasteiger partial charge in [-0.1, -0.05) is 0 Å². The molecule has 20 heavy (non-hydrogen) atoms. The predicted molar refractivity (Wildman–Crippen MR) is 73.5 cm³/mol. The van der Waals surface area contributed by atoms with Gasteiger partial charge in [-0.15, -0.1) is 5.10 Å². The molecule has 0 fully saturated rings. The third-order valence-electron chi connectivity index (χ3n) is 2.52. The Bertz CT molecular complexity index is 576. The zero-order valence-electron chi connectivity index (χ0n) is 11.7. The van der Waals surface area contributed by atoms with Crippen LogP contribution in [0.25, 0.3) is 11.3 Å².